The molecule has 0 radical (unpaired) electrons. The zero-order valence-corrected chi connectivity index (χ0v) is 10.9. The molecule has 0 saturated heterocycles. The number of nitrogens with two attached hydrogens (primary N) is 1. The molecular weight excluding hydrogens is 272 g/mol. The molecule has 0 saturated carbocycles. The Kier molecular flexibility index (Phi) is 3.54. The molecule has 94 valence electrons. The maximum atomic E-state index is 12.2. The molecule has 0 spiro atoms. The second-order valence-electron chi connectivity index (χ2n) is 3.81. The fourth-order valence-corrected chi connectivity index (χ4v) is 3.46. The van der Waals surface area contributed by atoms with Gasteiger partial charge in [0.2, 0.25) is 0 Å². The Bertz CT molecular complexity index is 657. The van der Waals surface area contributed by atoms with Crippen LogP contribution in [-0.4, -0.2) is 13.4 Å². The summed E-state index contributed by atoms with van der Waals surface area (Å²) in [6.45, 7) is 0. The van der Waals surface area contributed by atoms with E-state index in [0.29, 0.717) is 11.3 Å². The van der Waals surface area contributed by atoms with Crippen molar-refractivity contribution < 1.29 is 8.42 Å². The number of sulfone groups is 1. The van der Waals surface area contributed by atoms with Gasteiger partial charge in [0.1, 0.15) is 0 Å². The highest BCUT2D eigenvalue weighted by atomic mass is 35.5. The van der Waals surface area contributed by atoms with Crippen molar-refractivity contribution in [1.29, 1.82) is 0 Å². The third-order valence-electron chi connectivity index (χ3n) is 2.37. The highest BCUT2D eigenvalue weighted by Gasteiger charge is 2.19. The van der Waals surface area contributed by atoms with Crippen LogP contribution in [-0.2, 0) is 15.6 Å². The summed E-state index contributed by atoms with van der Waals surface area (Å²) in [4.78, 5) is 3.93. The number of benzene rings is 1. The number of anilines is 1. The van der Waals surface area contributed by atoms with Crippen LogP contribution >= 0.6 is 11.6 Å². The van der Waals surface area contributed by atoms with Gasteiger partial charge < -0.3 is 5.73 Å². The Morgan fingerprint density at radius 3 is 2.72 bits per heavy atom. The summed E-state index contributed by atoms with van der Waals surface area (Å²) in [5.74, 6) is -0.149. The quantitative estimate of drug-likeness (QED) is 0.877. The van der Waals surface area contributed by atoms with Crippen molar-refractivity contribution in [2.24, 2.45) is 0 Å². The average Bonchev–Trinajstić information content (AvgIpc) is 2.33. The van der Waals surface area contributed by atoms with Crippen molar-refractivity contribution in [3.8, 4) is 0 Å². The molecule has 2 aromatic rings. The molecule has 1 aromatic carbocycles. The second kappa shape index (κ2) is 4.96. The molecular formula is C12H11ClN2O2S. The molecule has 0 bridgehead atoms. The summed E-state index contributed by atoms with van der Waals surface area (Å²) in [5.41, 5.74) is 6.55. The van der Waals surface area contributed by atoms with E-state index in [0.717, 1.165) is 0 Å². The van der Waals surface area contributed by atoms with Crippen LogP contribution in [0.1, 0.15) is 5.56 Å². The molecule has 0 unspecified atom stereocenters. The van der Waals surface area contributed by atoms with E-state index in [1.807, 2.05) is 0 Å². The number of hydrogen-bond acceptors (Lipinski definition) is 4. The molecule has 1 heterocycles. The minimum Gasteiger partial charge on any atom is -0.399 e. The van der Waals surface area contributed by atoms with E-state index in [4.69, 9.17) is 17.3 Å². The molecule has 18 heavy (non-hydrogen) atoms. The van der Waals surface area contributed by atoms with E-state index >= 15 is 0 Å². The van der Waals surface area contributed by atoms with Gasteiger partial charge in [-0.2, -0.15) is 0 Å². The summed E-state index contributed by atoms with van der Waals surface area (Å²) in [6, 6.07) is 7.79. The Morgan fingerprint density at radius 2 is 2.06 bits per heavy atom. The van der Waals surface area contributed by atoms with Crippen molar-refractivity contribution in [2.75, 3.05) is 5.73 Å². The summed E-state index contributed by atoms with van der Waals surface area (Å²) >= 11 is 5.90. The third kappa shape index (κ3) is 2.80. The first-order valence-corrected chi connectivity index (χ1v) is 7.19. The predicted octanol–water partition coefficient (Wildman–Crippen LogP) is 2.29. The first-order chi connectivity index (χ1) is 8.49. The lowest BCUT2D eigenvalue weighted by Crippen LogP contribution is -2.06. The van der Waals surface area contributed by atoms with Gasteiger partial charge in [-0.15, -0.1) is 0 Å². The first-order valence-electron chi connectivity index (χ1n) is 5.16. The lowest BCUT2D eigenvalue weighted by atomic mass is 10.3. The van der Waals surface area contributed by atoms with E-state index in [1.165, 1.54) is 18.3 Å². The van der Waals surface area contributed by atoms with Gasteiger partial charge in [-0.1, -0.05) is 17.7 Å². The highest BCUT2D eigenvalue weighted by Crippen LogP contribution is 2.26. The smallest absolute Gasteiger partial charge is 0.184 e. The Hall–Kier alpha value is -1.59. The van der Waals surface area contributed by atoms with E-state index in [9.17, 15) is 8.42 Å². The SMILES string of the molecule is Nc1ccc(Cl)c(S(=O)(=O)Cc2cccnc2)c1. The van der Waals surface area contributed by atoms with Gasteiger partial charge in [0.25, 0.3) is 0 Å². The van der Waals surface area contributed by atoms with Crippen molar-refractivity contribution in [3.63, 3.8) is 0 Å². The largest absolute Gasteiger partial charge is 0.399 e. The van der Waals surface area contributed by atoms with Gasteiger partial charge in [0.15, 0.2) is 9.84 Å². The third-order valence-corrected chi connectivity index (χ3v) is 4.53. The van der Waals surface area contributed by atoms with Crippen LogP contribution in [0.3, 0.4) is 0 Å². The minimum absolute atomic E-state index is 0.0491. The lowest BCUT2D eigenvalue weighted by molar-refractivity contribution is 0.595. The molecule has 0 atom stereocenters. The fraction of sp³-hybridized carbons (Fsp3) is 0.0833. The topological polar surface area (TPSA) is 73.1 Å². The van der Waals surface area contributed by atoms with Gasteiger partial charge in [-0.05, 0) is 29.8 Å². The molecule has 0 fully saturated rings. The molecule has 0 aliphatic heterocycles. The van der Waals surface area contributed by atoms with Gasteiger partial charge >= 0.3 is 0 Å². The highest BCUT2D eigenvalue weighted by molar-refractivity contribution is 7.90. The Labute approximate surface area is 110 Å². The number of halogens is 1. The number of nitrogens with zero attached hydrogens (tertiary/aromatic N) is 1. The average molecular weight is 283 g/mol. The second-order valence-corrected chi connectivity index (χ2v) is 6.18. The van der Waals surface area contributed by atoms with Crippen molar-refractivity contribution in [1.82, 2.24) is 4.98 Å². The number of rotatable bonds is 3. The van der Waals surface area contributed by atoms with Gasteiger partial charge in [-0.3, -0.25) is 4.98 Å². The summed E-state index contributed by atoms with van der Waals surface area (Å²) < 4.78 is 24.4. The molecule has 0 aliphatic rings. The Morgan fingerprint density at radius 1 is 1.28 bits per heavy atom. The Balaban J connectivity index is 2.40. The maximum Gasteiger partial charge on any atom is 0.184 e. The van der Waals surface area contributed by atoms with Crippen molar-refractivity contribution in [3.05, 3.63) is 53.3 Å². The van der Waals surface area contributed by atoms with Gasteiger partial charge in [0.05, 0.1) is 15.7 Å². The summed E-state index contributed by atoms with van der Waals surface area (Å²) in [7, 11) is -3.52. The maximum absolute atomic E-state index is 12.2. The summed E-state index contributed by atoms with van der Waals surface area (Å²) in [5, 5.41) is 0.174. The van der Waals surface area contributed by atoms with E-state index in [1.54, 1.807) is 24.4 Å². The number of nitrogen functional groups attached to an aromatic ring is 1. The fourth-order valence-electron chi connectivity index (χ4n) is 1.54. The van der Waals surface area contributed by atoms with Gasteiger partial charge in [-0.25, -0.2) is 8.42 Å². The zero-order valence-electron chi connectivity index (χ0n) is 9.38. The van der Waals surface area contributed by atoms with E-state index in [-0.39, 0.29) is 15.7 Å². The van der Waals surface area contributed by atoms with Gasteiger partial charge in [0, 0.05) is 18.1 Å². The predicted molar refractivity (Wildman–Crippen MR) is 71.0 cm³/mol. The van der Waals surface area contributed by atoms with Crippen LogP contribution < -0.4 is 5.73 Å². The minimum atomic E-state index is -3.52. The number of pyridine rings is 1. The van der Waals surface area contributed by atoms with Crippen LogP contribution in [0, 0.1) is 0 Å². The zero-order chi connectivity index (χ0) is 13.2. The van der Waals surface area contributed by atoms with Crippen LogP contribution in [0.5, 0.6) is 0 Å². The van der Waals surface area contributed by atoms with Crippen LogP contribution in [0.4, 0.5) is 5.69 Å². The molecule has 4 nitrogen and oxygen atoms in total. The summed E-state index contributed by atoms with van der Waals surface area (Å²) in [6.07, 6.45) is 3.10. The van der Waals surface area contributed by atoms with E-state index < -0.39 is 9.84 Å². The molecule has 1 aromatic heterocycles. The molecule has 2 rings (SSSR count). The van der Waals surface area contributed by atoms with Crippen LogP contribution in [0.15, 0.2) is 47.6 Å². The van der Waals surface area contributed by atoms with Crippen LogP contribution in [0.25, 0.3) is 0 Å². The molecule has 6 heteroatoms. The normalized spacial score (nSPS) is 11.4. The monoisotopic (exact) mass is 282 g/mol. The number of aromatic nitrogens is 1. The standard InChI is InChI=1S/C12H11ClN2O2S/c13-11-4-3-10(14)6-12(11)18(16,17)8-9-2-1-5-15-7-9/h1-7H,8,14H2. The number of hydrogen-bond donors (Lipinski definition) is 1. The molecule has 0 aliphatic carbocycles. The molecule has 0 amide bonds. The first kappa shape index (κ1) is 12.9. The van der Waals surface area contributed by atoms with E-state index in [2.05, 4.69) is 4.98 Å². The van der Waals surface area contributed by atoms with Crippen LogP contribution in [0.2, 0.25) is 5.02 Å². The van der Waals surface area contributed by atoms with Crippen molar-refractivity contribution >= 4 is 27.1 Å². The molecule has 2 N–H and O–H groups in total. The lowest BCUT2D eigenvalue weighted by Gasteiger charge is -2.07. The van der Waals surface area contributed by atoms with Crippen molar-refractivity contribution in [2.45, 2.75) is 10.6 Å².